The second kappa shape index (κ2) is 7.86. The van der Waals surface area contributed by atoms with Crippen molar-refractivity contribution in [3.63, 3.8) is 0 Å². The summed E-state index contributed by atoms with van der Waals surface area (Å²) < 4.78 is 5.67. The first-order chi connectivity index (χ1) is 16.5. The van der Waals surface area contributed by atoms with Crippen molar-refractivity contribution in [1.29, 1.82) is 0 Å². The van der Waals surface area contributed by atoms with E-state index in [1.54, 1.807) is 4.90 Å². The third-order valence-electron chi connectivity index (χ3n) is 8.30. The standard InChI is InChI=1S/C27H28N2O5/c30-24(31)23-10-5-11-29(23)25(32)27-13-16(27)12-17(14-27)28-26(33)34-15-22-20-8-3-1-6-18(20)19-7-2-4-9-21(19)22/h1-4,6-9,16-17,22-23H,5,10-15H2,(H,28,33)(H,30,31)/t16?,17?,23-,27?/m0/s1. The predicted octanol–water partition coefficient (Wildman–Crippen LogP) is 3.77. The molecular weight excluding hydrogens is 432 g/mol. The van der Waals surface area contributed by atoms with Gasteiger partial charge in [-0.15, -0.1) is 0 Å². The first-order valence-electron chi connectivity index (χ1n) is 12.1. The highest BCUT2D eigenvalue weighted by Gasteiger charge is 2.66. The Morgan fingerprint density at radius 3 is 2.38 bits per heavy atom. The molecule has 4 aliphatic rings. The molecule has 1 aliphatic heterocycles. The van der Waals surface area contributed by atoms with Crippen LogP contribution in [0, 0.1) is 11.3 Å². The molecule has 3 unspecified atom stereocenters. The largest absolute Gasteiger partial charge is 0.480 e. The molecule has 2 saturated carbocycles. The number of rotatable bonds is 5. The fourth-order valence-corrected chi connectivity index (χ4v) is 6.62. The first-order valence-corrected chi connectivity index (χ1v) is 12.1. The van der Waals surface area contributed by atoms with E-state index in [1.165, 1.54) is 22.3 Å². The summed E-state index contributed by atoms with van der Waals surface area (Å²) in [7, 11) is 0. The number of likely N-dealkylation sites (tertiary alicyclic amines) is 1. The molecule has 0 aromatic heterocycles. The van der Waals surface area contributed by atoms with Gasteiger partial charge in [-0.3, -0.25) is 4.79 Å². The molecule has 1 heterocycles. The molecular formula is C27H28N2O5. The van der Waals surface area contributed by atoms with Crippen molar-refractivity contribution < 1.29 is 24.2 Å². The fourth-order valence-electron chi connectivity index (χ4n) is 6.62. The molecule has 1 saturated heterocycles. The number of ether oxygens (including phenoxy) is 1. The number of alkyl carbamates (subject to hydrolysis) is 1. The minimum Gasteiger partial charge on any atom is -0.480 e. The van der Waals surface area contributed by atoms with E-state index in [9.17, 15) is 19.5 Å². The van der Waals surface area contributed by atoms with Gasteiger partial charge in [0.1, 0.15) is 12.6 Å². The number of benzene rings is 2. The number of hydrogen-bond donors (Lipinski definition) is 2. The number of fused-ring (bicyclic) bond motifs is 4. The van der Waals surface area contributed by atoms with Crippen LogP contribution in [0.3, 0.4) is 0 Å². The smallest absolute Gasteiger partial charge is 0.407 e. The Kier molecular flexibility index (Phi) is 4.90. The van der Waals surface area contributed by atoms with Crippen molar-refractivity contribution in [2.75, 3.05) is 13.2 Å². The van der Waals surface area contributed by atoms with Gasteiger partial charge in [-0.1, -0.05) is 48.5 Å². The van der Waals surface area contributed by atoms with Gasteiger partial charge in [0.25, 0.3) is 0 Å². The normalized spacial score (nSPS) is 28.7. The summed E-state index contributed by atoms with van der Waals surface area (Å²) in [4.78, 5) is 39.0. The molecule has 34 heavy (non-hydrogen) atoms. The Balaban J connectivity index is 1.07. The number of aliphatic carboxylic acids is 1. The summed E-state index contributed by atoms with van der Waals surface area (Å²) in [6.07, 6.45) is 2.87. The minimum absolute atomic E-state index is 0.00571. The molecule has 2 aromatic carbocycles. The van der Waals surface area contributed by atoms with Gasteiger partial charge in [0, 0.05) is 18.5 Å². The van der Waals surface area contributed by atoms with Crippen LogP contribution in [0.2, 0.25) is 0 Å². The minimum atomic E-state index is -0.925. The number of carboxylic acid groups (broad SMARTS) is 1. The summed E-state index contributed by atoms with van der Waals surface area (Å²) in [5.74, 6) is -0.745. The van der Waals surface area contributed by atoms with Crippen molar-refractivity contribution in [3.05, 3.63) is 59.7 Å². The van der Waals surface area contributed by atoms with Crippen LogP contribution in [-0.4, -0.2) is 53.2 Å². The number of carbonyl (C=O) groups excluding carboxylic acids is 2. The molecule has 3 aliphatic carbocycles. The summed E-state index contributed by atoms with van der Waals surface area (Å²) in [5, 5.41) is 12.4. The molecule has 2 amide bonds. The van der Waals surface area contributed by atoms with E-state index in [2.05, 4.69) is 29.6 Å². The molecule has 0 radical (unpaired) electrons. The average molecular weight is 461 g/mol. The third kappa shape index (κ3) is 3.29. The van der Waals surface area contributed by atoms with Crippen molar-refractivity contribution in [3.8, 4) is 11.1 Å². The molecule has 7 heteroatoms. The van der Waals surface area contributed by atoms with Crippen molar-refractivity contribution in [1.82, 2.24) is 10.2 Å². The number of nitrogens with one attached hydrogen (secondary N) is 1. The summed E-state index contributed by atoms with van der Waals surface area (Å²) in [6.45, 7) is 0.767. The van der Waals surface area contributed by atoms with Crippen LogP contribution in [0.1, 0.15) is 49.1 Å². The van der Waals surface area contributed by atoms with E-state index >= 15 is 0 Å². The van der Waals surface area contributed by atoms with E-state index in [4.69, 9.17) is 4.74 Å². The van der Waals surface area contributed by atoms with Gasteiger partial charge in [-0.25, -0.2) is 9.59 Å². The Morgan fingerprint density at radius 1 is 1.03 bits per heavy atom. The summed E-state index contributed by atoms with van der Waals surface area (Å²) in [5.41, 5.74) is 4.21. The quantitative estimate of drug-likeness (QED) is 0.708. The zero-order chi connectivity index (χ0) is 23.4. The Bertz CT molecular complexity index is 1130. The van der Waals surface area contributed by atoms with Gasteiger partial charge in [0.2, 0.25) is 5.91 Å². The van der Waals surface area contributed by atoms with Gasteiger partial charge in [0.15, 0.2) is 0 Å². The number of carbonyl (C=O) groups is 3. The molecule has 4 atom stereocenters. The van der Waals surface area contributed by atoms with Crippen molar-refractivity contribution >= 4 is 18.0 Å². The topological polar surface area (TPSA) is 95.9 Å². The highest BCUT2D eigenvalue weighted by Crippen LogP contribution is 2.64. The van der Waals surface area contributed by atoms with Gasteiger partial charge < -0.3 is 20.1 Å². The number of carboxylic acids is 1. The van der Waals surface area contributed by atoms with Crippen LogP contribution in [0.4, 0.5) is 4.79 Å². The highest BCUT2D eigenvalue weighted by atomic mass is 16.5. The van der Waals surface area contributed by atoms with Gasteiger partial charge in [-0.05, 0) is 60.3 Å². The second-order valence-electron chi connectivity index (χ2n) is 10.2. The zero-order valence-corrected chi connectivity index (χ0v) is 18.9. The maximum atomic E-state index is 13.2. The van der Waals surface area contributed by atoms with Crippen LogP contribution in [0.5, 0.6) is 0 Å². The molecule has 2 N–H and O–H groups in total. The lowest BCUT2D eigenvalue weighted by atomic mass is 9.98. The lowest BCUT2D eigenvalue weighted by Crippen LogP contribution is -2.45. The molecule has 0 spiro atoms. The summed E-state index contributed by atoms with van der Waals surface area (Å²) in [6, 6.07) is 15.6. The van der Waals surface area contributed by atoms with Crippen molar-refractivity contribution in [2.45, 2.75) is 50.1 Å². The SMILES string of the molecule is O=C(NC1CC2CC2(C(=O)N2CCC[C@H]2C(=O)O)C1)OCC1c2ccccc2-c2ccccc21. The number of hydrogen-bond acceptors (Lipinski definition) is 4. The first kappa shape index (κ1) is 21.2. The van der Waals surface area contributed by atoms with Crippen LogP contribution < -0.4 is 5.32 Å². The molecule has 6 rings (SSSR count). The number of amides is 2. The van der Waals surface area contributed by atoms with Crippen molar-refractivity contribution in [2.24, 2.45) is 11.3 Å². The van der Waals surface area contributed by atoms with Crippen LogP contribution >= 0.6 is 0 Å². The fraction of sp³-hybridized carbons (Fsp3) is 0.444. The second-order valence-corrected chi connectivity index (χ2v) is 10.2. The Labute approximate surface area is 198 Å². The maximum absolute atomic E-state index is 13.2. The third-order valence-corrected chi connectivity index (χ3v) is 8.30. The lowest BCUT2D eigenvalue weighted by Gasteiger charge is -2.26. The average Bonchev–Trinajstić information content (AvgIpc) is 3.18. The van der Waals surface area contributed by atoms with E-state index in [1.807, 2.05) is 24.3 Å². The molecule has 176 valence electrons. The molecule has 3 fully saturated rings. The Morgan fingerprint density at radius 2 is 1.71 bits per heavy atom. The summed E-state index contributed by atoms with van der Waals surface area (Å²) >= 11 is 0. The highest BCUT2D eigenvalue weighted by molar-refractivity contribution is 5.91. The van der Waals surface area contributed by atoms with E-state index in [-0.39, 0.29) is 30.4 Å². The van der Waals surface area contributed by atoms with Crippen LogP contribution in [-0.2, 0) is 14.3 Å². The monoisotopic (exact) mass is 460 g/mol. The van der Waals surface area contributed by atoms with Gasteiger partial charge in [0.05, 0.1) is 5.41 Å². The van der Waals surface area contributed by atoms with Gasteiger partial charge >= 0.3 is 12.1 Å². The lowest BCUT2D eigenvalue weighted by molar-refractivity contribution is -0.150. The van der Waals surface area contributed by atoms with E-state index in [0.717, 1.165) is 19.3 Å². The zero-order valence-electron chi connectivity index (χ0n) is 18.9. The molecule has 0 bridgehead atoms. The van der Waals surface area contributed by atoms with Crippen LogP contribution in [0.25, 0.3) is 11.1 Å². The maximum Gasteiger partial charge on any atom is 0.407 e. The molecule has 2 aromatic rings. The van der Waals surface area contributed by atoms with Crippen LogP contribution in [0.15, 0.2) is 48.5 Å². The number of nitrogens with zero attached hydrogens (tertiary/aromatic N) is 1. The van der Waals surface area contributed by atoms with Gasteiger partial charge in [-0.2, -0.15) is 0 Å². The van der Waals surface area contributed by atoms with E-state index < -0.39 is 23.5 Å². The Hall–Kier alpha value is -3.35. The van der Waals surface area contributed by atoms with E-state index in [0.29, 0.717) is 19.4 Å². The predicted molar refractivity (Wildman–Crippen MR) is 124 cm³/mol. The molecule has 7 nitrogen and oxygen atoms in total.